The van der Waals surface area contributed by atoms with Gasteiger partial charge < -0.3 is 51.5 Å². The van der Waals surface area contributed by atoms with Crippen molar-refractivity contribution in [2.75, 3.05) is 26.2 Å². The molecule has 7 N–H and O–H groups in total. The molecule has 0 saturated carbocycles. The Morgan fingerprint density at radius 1 is 0.464 bits per heavy atom. The summed E-state index contributed by atoms with van der Waals surface area (Å²) in [5.41, 5.74) is 5.94. The van der Waals surface area contributed by atoms with E-state index in [2.05, 4.69) is 21.3 Å². The molecule has 0 unspecified atom stereocenters. The van der Waals surface area contributed by atoms with Gasteiger partial charge in [0.25, 0.3) is 0 Å². The number of rotatable bonds is 27. The molecule has 6 aromatic rings. The quantitative estimate of drug-likeness (QED) is 0.0240. The molecule has 0 spiro atoms. The van der Waals surface area contributed by atoms with E-state index in [9.17, 15) is 53.4 Å². The van der Waals surface area contributed by atoms with Gasteiger partial charge in [0, 0.05) is 56.5 Å². The number of likely N-dealkylation sites (tertiary alicyclic amines) is 2. The van der Waals surface area contributed by atoms with Crippen LogP contribution in [0.4, 0.5) is 0 Å². The number of hydrogen-bond acceptors (Lipinski definition) is 12. The number of carboxylic acid groups (broad SMARTS) is 2. The normalized spacial score (nSPS) is 17.0. The number of nitrogens with one attached hydrogen (secondary N) is 4. The van der Waals surface area contributed by atoms with Gasteiger partial charge in [0.15, 0.2) is 0 Å². The van der Waals surface area contributed by atoms with Crippen molar-refractivity contribution in [2.24, 2.45) is 17.8 Å². The molecule has 97 heavy (non-hydrogen) atoms. The number of carbonyl (C=O) groups is 9. The fourth-order valence-corrected chi connectivity index (χ4v) is 11.9. The number of nitrogens with zero attached hydrogens (tertiary/aromatic N) is 2. The van der Waals surface area contributed by atoms with Crippen LogP contribution in [-0.2, 0) is 86.4 Å². The molecule has 9 atom stereocenters. The van der Waals surface area contributed by atoms with Crippen LogP contribution in [0.3, 0.4) is 0 Å². The van der Waals surface area contributed by atoms with Gasteiger partial charge >= 0.3 is 47.5 Å². The zero-order valence-corrected chi connectivity index (χ0v) is 59.1. The first-order valence-corrected chi connectivity index (χ1v) is 33.5. The van der Waals surface area contributed by atoms with Crippen LogP contribution in [0.5, 0.6) is 0 Å². The summed E-state index contributed by atoms with van der Waals surface area (Å²) in [6.07, 6.45) is 9.09. The fraction of sp³-hybridized carbons (Fsp3) is 0.416. The van der Waals surface area contributed by atoms with Crippen LogP contribution >= 0.6 is 0 Å². The van der Waals surface area contributed by atoms with E-state index in [1.807, 2.05) is 210 Å². The number of esters is 1. The average Bonchev–Trinajstić information content (AvgIpc) is 1.76. The summed E-state index contributed by atoms with van der Waals surface area (Å²) < 4.78 is 5.17. The standard InChI is InChI=1S/C26H32N2O4.C24H28N2O4.C19H21NO3.C8H15NO.Na.H2O/c1-3-32-26(31)23-15-10-16-28(23)25(30)22(18-21-13-8-5-9-14-21)27-24(29)19(2)17-20-11-6-4-7-12-20;1-17(15-18-9-4-2-5-10-18)22(27)25-20(16-19-11-6-3-7-12-19)23(28)26-14-8-13-21(26)24(29)30;1-14(12-15-8-4-2-5-9-15)18(21)20-17(19(22)23)13-16-10-6-3-7-11-16;1-2-4-8(10)7-5-3-6-9-7;;/h4-9,11-14,19,22-23H,3,10,15-18H2,1-2H3,(H,27,29);2-7,9-12,17,20-21H,8,13-16H2,1H3,(H,25,27)(H,29,30);2-11,14,17H,12-13H2,1H3,(H,20,21)(H,22,23);7,9H,2-6H2,1H3;;1H2/q;;;;+1;/p-1/t19-,22-,23-;17-,20-,21-;14-,17-;7-;;/m1111../s1. The van der Waals surface area contributed by atoms with Crippen molar-refractivity contribution in [1.29, 1.82) is 0 Å². The summed E-state index contributed by atoms with van der Waals surface area (Å²) in [5.74, 6) is -4.05. The first-order chi connectivity index (χ1) is 45.8. The van der Waals surface area contributed by atoms with Gasteiger partial charge in [-0.3, -0.25) is 28.8 Å². The first kappa shape index (κ1) is 81.1. The Balaban J connectivity index is 0.000000288. The maximum atomic E-state index is 13.5. The van der Waals surface area contributed by atoms with E-state index in [-0.39, 0.29) is 107 Å². The third kappa shape index (κ3) is 27.6. The van der Waals surface area contributed by atoms with Crippen molar-refractivity contribution in [3.63, 3.8) is 0 Å². The summed E-state index contributed by atoms with van der Waals surface area (Å²) >= 11 is 0. The minimum atomic E-state index is -1.02. The fourth-order valence-electron chi connectivity index (χ4n) is 11.9. The van der Waals surface area contributed by atoms with E-state index in [0.717, 1.165) is 65.6 Å². The summed E-state index contributed by atoms with van der Waals surface area (Å²) in [6, 6.07) is 54.0. The Morgan fingerprint density at radius 3 is 1.09 bits per heavy atom. The van der Waals surface area contributed by atoms with Crippen molar-refractivity contribution in [2.45, 2.75) is 161 Å². The van der Waals surface area contributed by atoms with Crippen LogP contribution in [-0.4, -0.2) is 141 Å². The van der Waals surface area contributed by atoms with Gasteiger partial charge in [-0.15, -0.1) is 0 Å². The second kappa shape index (κ2) is 43.8. The van der Waals surface area contributed by atoms with Crippen LogP contribution < -0.4 is 50.8 Å². The number of hydrogen-bond donors (Lipinski definition) is 6. The van der Waals surface area contributed by atoms with E-state index in [1.54, 1.807) is 11.8 Å². The van der Waals surface area contributed by atoms with Crippen molar-refractivity contribution in [3.05, 3.63) is 215 Å². The van der Waals surface area contributed by atoms with Crippen molar-refractivity contribution in [3.8, 4) is 0 Å². The summed E-state index contributed by atoms with van der Waals surface area (Å²) in [5, 5.41) is 30.5. The Labute approximate surface area is 593 Å². The van der Waals surface area contributed by atoms with E-state index in [4.69, 9.17) is 4.74 Å². The van der Waals surface area contributed by atoms with Crippen molar-refractivity contribution < 1.29 is 93.1 Å². The van der Waals surface area contributed by atoms with Gasteiger partial charge in [0.2, 0.25) is 29.5 Å². The number of Topliss-reactive ketones (excluding diaryl/α,β-unsaturated/α-hetero) is 1. The second-order valence-corrected chi connectivity index (χ2v) is 24.7. The number of ketones is 1. The predicted molar refractivity (Wildman–Crippen MR) is 368 cm³/mol. The van der Waals surface area contributed by atoms with Crippen LogP contribution in [0.15, 0.2) is 182 Å². The van der Waals surface area contributed by atoms with Gasteiger partial charge in [-0.2, -0.15) is 0 Å². The van der Waals surface area contributed by atoms with Gasteiger partial charge in [-0.25, -0.2) is 14.4 Å². The molecule has 6 aromatic carbocycles. The Hall–Kier alpha value is -8.33. The third-order valence-electron chi connectivity index (χ3n) is 17.0. The average molecular weight is 1340 g/mol. The summed E-state index contributed by atoms with van der Waals surface area (Å²) in [7, 11) is 0. The number of carbonyl (C=O) groups excluding carboxylic acids is 7. The maximum Gasteiger partial charge on any atom is 1.00 e. The van der Waals surface area contributed by atoms with Crippen LogP contribution in [0, 0.1) is 17.8 Å². The zero-order chi connectivity index (χ0) is 68.5. The zero-order valence-electron chi connectivity index (χ0n) is 57.1. The number of aliphatic carboxylic acids is 2. The predicted octanol–water partition coefficient (Wildman–Crippen LogP) is 6.43. The van der Waals surface area contributed by atoms with E-state index >= 15 is 0 Å². The monoisotopic (exact) mass is 1340 g/mol. The smallest absolute Gasteiger partial charge is 0.870 e. The molecule has 5 amide bonds. The van der Waals surface area contributed by atoms with E-state index in [0.29, 0.717) is 70.2 Å². The van der Waals surface area contributed by atoms with Crippen molar-refractivity contribution in [1.82, 2.24) is 31.1 Å². The number of ether oxygens (including phenoxy) is 1. The summed E-state index contributed by atoms with van der Waals surface area (Å²) in [4.78, 5) is 114. The van der Waals surface area contributed by atoms with E-state index in [1.165, 1.54) is 11.3 Å². The van der Waals surface area contributed by atoms with Gasteiger partial charge in [0.05, 0.1) is 12.6 Å². The molecule has 3 heterocycles. The minimum absolute atomic E-state index is 0. The molecule has 20 heteroatoms. The third-order valence-corrected chi connectivity index (χ3v) is 17.0. The SMILES string of the molecule is CCCC(=O)[C@H]1CCCN1.CCOC(=O)[C@H]1CCCN1C(=O)[C@@H](Cc1ccccc1)NC(=O)[C@H](C)Cc1ccccc1.C[C@H](Cc1ccccc1)C(=O)N[C@H](Cc1ccccc1)C(=O)N1CCC[C@@H]1C(=O)O.C[C@H](Cc1ccccc1)C(=O)N[C@H](Cc1ccccc1)C(=O)O.[Na+].[OH-]. The molecule has 19 nitrogen and oxygen atoms in total. The topological polar surface area (TPSA) is 288 Å². The molecule has 3 fully saturated rings. The Kier molecular flexibility index (Phi) is 36.6. The minimum Gasteiger partial charge on any atom is -0.870 e. The Bertz CT molecular complexity index is 3350. The van der Waals surface area contributed by atoms with Gasteiger partial charge in [-0.05, 0) is 111 Å². The number of amides is 5. The number of carboxylic acids is 2. The second-order valence-electron chi connectivity index (χ2n) is 24.7. The van der Waals surface area contributed by atoms with Gasteiger partial charge in [0.1, 0.15) is 36.0 Å². The molecule has 0 radical (unpaired) electrons. The molecular weight excluding hydrogens is 1240 g/mol. The molecule has 0 aromatic heterocycles. The van der Waals surface area contributed by atoms with Crippen LogP contribution in [0.2, 0.25) is 0 Å². The summed E-state index contributed by atoms with van der Waals surface area (Å²) in [6.45, 7) is 11.5. The molecule has 9 rings (SSSR count). The molecule has 3 saturated heterocycles. The molecule has 0 aliphatic carbocycles. The maximum absolute atomic E-state index is 13.5. The van der Waals surface area contributed by atoms with E-state index < -0.39 is 42.1 Å². The van der Waals surface area contributed by atoms with Crippen molar-refractivity contribution >= 4 is 53.2 Å². The molecule has 3 aliphatic heterocycles. The van der Waals surface area contributed by atoms with Crippen LogP contribution in [0.1, 0.15) is 119 Å². The van der Waals surface area contributed by atoms with Gasteiger partial charge in [-0.1, -0.05) is 210 Å². The molecule has 0 bridgehead atoms. The first-order valence-electron chi connectivity index (χ1n) is 33.5. The molecule has 514 valence electrons. The molecule has 3 aliphatic rings. The number of benzene rings is 6. The molecular formula is C77H97N6NaO13. The largest absolute Gasteiger partial charge is 1.00 e. The van der Waals surface area contributed by atoms with Crippen LogP contribution in [0.25, 0.3) is 0 Å². The Morgan fingerprint density at radius 2 is 0.784 bits per heavy atom.